The Morgan fingerprint density at radius 3 is 2.74 bits per heavy atom. The van der Waals surface area contributed by atoms with Crippen molar-refractivity contribution in [3.05, 3.63) is 30.3 Å². The van der Waals surface area contributed by atoms with Crippen molar-refractivity contribution >= 4 is 5.97 Å². The predicted octanol–water partition coefficient (Wildman–Crippen LogP) is 3.51. The molecule has 0 aliphatic carbocycles. The fraction of sp³-hybridized carbons (Fsp3) is 0.632. The van der Waals surface area contributed by atoms with Gasteiger partial charge in [-0.1, -0.05) is 25.1 Å². The zero-order valence-corrected chi connectivity index (χ0v) is 14.4. The molecule has 0 unspecified atom stereocenters. The molecule has 0 spiro atoms. The van der Waals surface area contributed by atoms with Crippen LogP contribution in [0.15, 0.2) is 30.3 Å². The number of rotatable bonds is 8. The smallest absolute Gasteiger partial charge is 0.313 e. The van der Waals surface area contributed by atoms with Gasteiger partial charge in [0.25, 0.3) is 0 Å². The topological polar surface area (TPSA) is 38.8 Å². The van der Waals surface area contributed by atoms with Gasteiger partial charge in [0.2, 0.25) is 0 Å². The summed E-state index contributed by atoms with van der Waals surface area (Å²) in [5.74, 6) is 0.796. The Balaban J connectivity index is 2.00. The number of benzene rings is 1. The number of carbonyl (C=O) groups is 1. The van der Waals surface area contributed by atoms with Crippen molar-refractivity contribution in [2.45, 2.75) is 39.5 Å². The number of ether oxygens (including phenoxy) is 2. The second-order valence-corrected chi connectivity index (χ2v) is 6.29. The van der Waals surface area contributed by atoms with E-state index in [9.17, 15) is 4.79 Å². The Hall–Kier alpha value is -1.55. The van der Waals surface area contributed by atoms with Gasteiger partial charge < -0.3 is 14.4 Å². The Labute approximate surface area is 139 Å². The number of hydrogen-bond acceptors (Lipinski definition) is 4. The number of para-hydroxylation sites is 1. The molecule has 0 aromatic heterocycles. The van der Waals surface area contributed by atoms with Gasteiger partial charge in [-0.3, -0.25) is 4.79 Å². The lowest BCUT2D eigenvalue weighted by Crippen LogP contribution is -2.49. The van der Waals surface area contributed by atoms with Gasteiger partial charge in [0, 0.05) is 6.54 Å². The normalized spacial score (nSPS) is 21.8. The third-order valence-electron chi connectivity index (χ3n) is 4.50. The highest BCUT2D eigenvalue weighted by Crippen LogP contribution is 2.35. The molecule has 23 heavy (non-hydrogen) atoms. The molecular weight excluding hydrogens is 290 g/mol. The number of esters is 1. The summed E-state index contributed by atoms with van der Waals surface area (Å²) in [4.78, 5) is 15.0. The van der Waals surface area contributed by atoms with Crippen LogP contribution in [0, 0.1) is 5.41 Å². The van der Waals surface area contributed by atoms with E-state index in [1.165, 1.54) is 0 Å². The van der Waals surface area contributed by atoms with Crippen LogP contribution in [0.4, 0.5) is 0 Å². The van der Waals surface area contributed by atoms with Crippen LogP contribution in [-0.4, -0.2) is 43.7 Å². The van der Waals surface area contributed by atoms with E-state index in [4.69, 9.17) is 9.47 Å². The van der Waals surface area contributed by atoms with Crippen LogP contribution in [0.2, 0.25) is 0 Å². The Morgan fingerprint density at radius 1 is 1.26 bits per heavy atom. The average Bonchev–Trinajstić information content (AvgIpc) is 2.57. The molecule has 1 heterocycles. The maximum Gasteiger partial charge on any atom is 0.313 e. The molecular formula is C19H29NO3. The molecule has 1 aliphatic rings. The van der Waals surface area contributed by atoms with Crippen molar-refractivity contribution in [3.63, 3.8) is 0 Å². The van der Waals surface area contributed by atoms with E-state index < -0.39 is 5.41 Å². The molecule has 1 aromatic carbocycles. The Morgan fingerprint density at radius 2 is 2.04 bits per heavy atom. The second kappa shape index (κ2) is 8.92. The number of carbonyl (C=O) groups excluding carboxylic acids is 1. The van der Waals surface area contributed by atoms with Crippen LogP contribution in [0.5, 0.6) is 5.75 Å². The quantitative estimate of drug-likeness (QED) is 0.687. The lowest BCUT2D eigenvalue weighted by atomic mass is 9.77. The zero-order valence-electron chi connectivity index (χ0n) is 14.4. The van der Waals surface area contributed by atoms with Gasteiger partial charge in [-0.2, -0.15) is 0 Å². The average molecular weight is 319 g/mol. The third-order valence-corrected chi connectivity index (χ3v) is 4.50. The van der Waals surface area contributed by atoms with E-state index in [-0.39, 0.29) is 5.97 Å². The highest BCUT2D eigenvalue weighted by atomic mass is 16.5. The maximum absolute atomic E-state index is 12.6. The molecule has 1 aliphatic heterocycles. The van der Waals surface area contributed by atoms with E-state index in [2.05, 4.69) is 11.8 Å². The summed E-state index contributed by atoms with van der Waals surface area (Å²) in [6, 6.07) is 9.78. The van der Waals surface area contributed by atoms with Gasteiger partial charge in [0.05, 0.1) is 18.6 Å². The van der Waals surface area contributed by atoms with Crippen molar-refractivity contribution in [3.8, 4) is 5.75 Å². The molecule has 1 aromatic rings. The Bertz CT molecular complexity index is 475. The molecule has 4 heteroatoms. The third kappa shape index (κ3) is 4.96. The van der Waals surface area contributed by atoms with E-state index in [1.807, 2.05) is 37.3 Å². The summed E-state index contributed by atoms with van der Waals surface area (Å²) in [5, 5.41) is 0. The van der Waals surface area contributed by atoms with E-state index in [0.29, 0.717) is 19.6 Å². The molecule has 4 nitrogen and oxygen atoms in total. The largest absolute Gasteiger partial charge is 0.494 e. The van der Waals surface area contributed by atoms with E-state index in [1.54, 1.807) is 0 Å². The highest BCUT2D eigenvalue weighted by molar-refractivity contribution is 5.77. The summed E-state index contributed by atoms with van der Waals surface area (Å²) in [6.07, 6.45) is 3.76. The molecule has 0 amide bonds. The highest BCUT2D eigenvalue weighted by Gasteiger charge is 2.43. The van der Waals surface area contributed by atoms with Crippen LogP contribution >= 0.6 is 0 Å². The molecule has 0 N–H and O–H groups in total. The standard InChI is InChI=1S/C19H29NO3/c1-3-13-20-14-8-11-19(16-20,18(21)22-4-2)12-15-23-17-9-6-5-7-10-17/h5-7,9-10H,3-4,8,11-16H2,1-2H3/t19-/m1/s1. The lowest BCUT2D eigenvalue weighted by molar-refractivity contribution is -0.160. The summed E-state index contributed by atoms with van der Waals surface area (Å²) >= 11 is 0. The summed E-state index contributed by atoms with van der Waals surface area (Å²) in [5.41, 5.74) is -0.418. The van der Waals surface area contributed by atoms with Crippen molar-refractivity contribution in [1.82, 2.24) is 4.90 Å². The molecule has 0 saturated carbocycles. The summed E-state index contributed by atoms with van der Waals surface area (Å²) in [7, 11) is 0. The van der Waals surface area contributed by atoms with E-state index >= 15 is 0 Å². The molecule has 0 bridgehead atoms. The van der Waals surface area contributed by atoms with Gasteiger partial charge in [0.1, 0.15) is 5.75 Å². The van der Waals surface area contributed by atoms with Crippen LogP contribution in [0.25, 0.3) is 0 Å². The molecule has 1 fully saturated rings. The number of nitrogens with zero attached hydrogens (tertiary/aromatic N) is 1. The van der Waals surface area contributed by atoms with Crippen LogP contribution in [-0.2, 0) is 9.53 Å². The lowest BCUT2D eigenvalue weighted by Gasteiger charge is -2.40. The van der Waals surface area contributed by atoms with Crippen molar-refractivity contribution in [2.75, 3.05) is 32.8 Å². The number of likely N-dealkylation sites (tertiary alicyclic amines) is 1. The summed E-state index contributed by atoms with van der Waals surface area (Å²) < 4.78 is 11.2. The van der Waals surface area contributed by atoms with Gasteiger partial charge in [-0.15, -0.1) is 0 Å². The first-order valence-corrected chi connectivity index (χ1v) is 8.77. The monoisotopic (exact) mass is 319 g/mol. The zero-order chi connectivity index (χ0) is 16.5. The van der Waals surface area contributed by atoms with Gasteiger partial charge in [-0.05, 0) is 57.8 Å². The molecule has 0 radical (unpaired) electrons. The minimum Gasteiger partial charge on any atom is -0.494 e. The van der Waals surface area contributed by atoms with Crippen LogP contribution < -0.4 is 4.74 Å². The van der Waals surface area contributed by atoms with Crippen molar-refractivity contribution in [2.24, 2.45) is 5.41 Å². The van der Waals surface area contributed by atoms with Crippen LogP contribution in [0.3, 0.4) is 0 Å². The fourth-order valence-corrected chi connectivity index (χ4v) is 3.37. The Kier molecular flexibility index (Phi) is 6.90. The molecule has 1 saturated heterocycles. The van der Waals surface area contributed by atoms with Crippen molar-refractivity contribution in [1.29, 1.82) is 0 Å². The fourth-order valence-electron chi connectivity index (χ4n) is 3.37. The van der Waals surface area contributed by atoms with Gasteiger partial charge in [0.15, 0.2) is 0 Å². The van der Waals surface area contributed by atoms with E-state index in [0.717, 1.165) is 44.6 Å². The van der Waals surface area contributed by atoms with Crippen molar-refractivity contribution < 1.29 is 14.3 Å². The summed E-state index contributed by atoms with van der Waals surface area (Å²) in [6.45, 7) is 7.95. The second-order valence-electron chi connectivity index (χ2n) is 6.29. The number of hydrogen-bond donors (Lipinski definition) is 0. The maximum atomic E-state index is 12.6. The number of piperidine rings is 1. The predicted molar refractivity (Wildman–Crippen MR) is 91.6 cm³/mol. The first-order valence-electron chi connectivity index (χ1n) is 8.77. The minimum atomic E-state index is -0.418. The SMILES string of the molecule is CCCN1CCC[C@](CCOc2ccccc2)(C(=O)OCC)C1. The van der Waals surface area contributed by atoms with Gasteiger partial charge >= 0.3 is 5.97 Å². The van der Waals surface area contributed by atoms with Crippen LogP contribution in [0.1, 0.15) is 39.5 Å². The first kappa shape index (κ1) is 17.8. The molecule has 2 rings (SSSR count). The minimum absolute atomic E-state index is 0.0579. The first-order chi connectivity index (χ1) is 11.2. The van der Waals surface area contributed by atoms with Gasteiger partial charge in [-0.25, -0.2) is 0 Å². The molecule has 1 atom stereocenters. The molecule has 128 valence electrons.